The molecular formula is C20H18N2O3S. The molecule has 1 N–H and O–H groups in total. The summed E-state index contributed by atoms with van der Waals surface area (Å²) in [5.41, 5.74) is 2.79. The zero-order valence-electron chi connectivity index (χ0n) is 14.5. The molecular weight excluding hydrogens is 348 g/mol. The Kier molecular flexibility index (Phi) is 4.42. The van der Waals surface area contributed by atoms with Gasteiger partial charge in [-0.3, -0.25) is 4.79 Å². The third-order valence-corrected chi connectivity index (χ3v) is 5.22. The van der Waals surface area contributed by atoms with Crippen LogP contribution >= 0.6 is 11.8 Å². The van der Waals surface area contributed by atoms with Gasteiger partial charge < -0.3 is 14.8 Å². The highest BCUT2D eigenvalue weighted by Gasteiger charge is 2.18. The molecule has 1 aliphatic heterocycles. The van der Waals surface area contributed by atoms with Crippen LogP contribution in [0.5, 0.6) is 11.5 Å². The summed E-state index contributed by atoms with van der Waals surface area (Å²) in [7, 11) is 0. The van der Waals surface area contributed by atoms with E-state index in [1.165, 1.54) is 11.8 Å². The van der Waals surface area contributed by atoms with Crippen molar-refractivity contribution in [1.29, 1.82) is 0 Å². The predicted octanol–water partition coefficient (Wildman–Crippen LogP) is 4.39. The number of amides is 1. The van der Waals surface area contributed by atoms with Crippen molar-refractivity contribution in [2.24, 2.45) is 0 Å². The van der Waals surface area contributed by atoms with Gasteiger partial charge in [-0.25, -0.2) is 4.98 Å². The fourth-order valence-electron chi connectivity index (χ4n) is 2.83. The number of hydrogen-bond acceptors (Lipinski definition) is 5. The first-order chi connectivity index (χ1) is 12.6. The number of aryl methyl sites for hydroxylation is 1. The molecule has 0 saturated carbocycles. The van der Waals surface area contributed by atoms with Crippen LogP contribution in [0, 0.1) is 6.92 Å². The summed E-state index contributed by atoms with van der Waals surface area (Å²) in [6.45, 7) is 4.15. The molecule has 1 aliphatic rings. The average molecular weight is 366 g/mol. The normalized spacial score (nSPS) is 13.6. The lowest BCUT2D eigenvalue weighted by atomic mass is 10.1. The minimum absolute atomic E-state index is 0.0820. The van der Waals surface area contributed by atoms with E-state index in [4.69, 9.17) is 9.47 Å². The Morgan fingerprint density at radius 2 is 1.96 bits per heavy atom. The topological polar surface area (TPSA) is 60.5 Å². The molecule has 5 nitrogen and oxygen atoms in total. The van der Waals surface area contributed by atoms with Crippen LogP contribution in [-0.2, 0) is 4.79 Å². The van der Waals surface area contributed by atoms with Crippen molar-refractivity contribution in [3.63, 3.8) is 0 Å². The summed E-state index contributed by atoms with van der Waals surface area (Å²) < 4.78 is 10.6. The summed E-state index contributed by atoms with van der Waals surface area (Å²) in [5, 5.41) is 4.61. The number of hydrogen-bond donors (Lipinski definition) is 1. The van der Waals surface area contributed by atoms with Crippen molar-refractivity contribution in [3.05, 3.63) is 54.1 Å². The number of rotatable bonds is 4. The number of nitrogens with zero attached hydrogens (tertiary/aromatic N) is 1. The van der Waals surface area contributed by atoms with E-state index < -0.39 is 0 Å². The molecule has 1 aromatic heterocycles. The van der Waals surface area contributed by atoms with Crippen LogP contribution in [0.3, 0.4) is 0 Å². The van der Waals surface area contributed by atoms with Crippen LogP contribution < -0.4 is 14.8 Å². The maximum absolute atomic E-state index is 12.5. The van der Waals surface area contributed by atoms with Crippen LogP contribution in [0.15, 0.2) is 53.6 Å². The molecule has 1 atom stereocenters. The van der Waals surface area contributed by atoms with Crippen molar-refractivity contribution in [2.75, 3.05) is 12.1 Å². The molecule has 26 heavy (non-hydrogen) atoms. The minimum Gasteiger partial charge on any atom is -0.454 e. The Morgan fingerprint density at radius 1 is 1.15 bits per heavy atom. The Balaban J connectivity index is 1.47. The number of nitrogens with one attached hydrogen (secondary N) is 1. The summed E-state index contributed by atoms with van der Waals surface area (Å²) in [6, 6.07) is 15.4. The lowest BCUT2D eigenvalue weighted by Gasteiger charge is -2.13. The first-order valence-electron chi connectivity index (χ1n) is 8.34. The second-order valence-electron chi connectivity index (χ2n) is 6.11. The zero-order chi connectivity index (χ0) is 18.1. The summed E-state index contributed by atoms with van der Waals surface area (Å²) in [6.07, 6.45) is 0. The zero-order valence-corrected chi connectivity index (χ0v) is 15.3. The number of anilines is 1. The molecule has 0 radical (unpaired) electrons. The Bertz CT molecular complexity index is 990. The van der Waals surface area contributed by atoms with Gasteiger partial charge in [-0.2, -0.15) is 0 Å². The molecule has 0 bridgehead atoms. The fraction of sp³-hybridized carbons (Fsp3) is 0.200. The van der Waals surface area contributed by atoms with Crippen molar-refractivity contribution in [2.45, 2.75) is 24.1 Å². The van der Waals surface area contributed by atoms with Crippen LogP contribution in [-0.4, -0.2) is 22.9 Å². The minimum atomic E-state index is -0.284. The van der Waals surface area contributed by atoms with Gasteiger partial charge in [0, 0.05) is 17.1 Å². The second kappa shape index (κ2) is 6.88. The Hall–Kier alpha value is -2.73. The maximum Gasteiger partial charge on any atom is 0.237 e. The summed E-state index contributed by atoms with van der Waals surface area (Å²) in [5.74, 6) is 1.26. The standard InChI is InChI=1S/C20H18N2O3S/c1-12-9-19(22-16-6-4-3-5-15(12)16)26-13(2)20(23)21-14-7-8-17-18(10-14)25-11-24-17/h3-10,13H,11H2,1-2H3,(H,21,23)/t13-/m1/s1. The lowest BCUT2D eigenvalue weighted by Crippen LogP contribution is -2.22. The largest absolute Gasteiger partial charge is 0.454 e. The van der Waals surface area contributed by atoms with Crippen LogP contribution in [0.2, 0.25) is 0 Å². The molecule has 6 heteroatoms. The first kappa shape index (κ1) is 16.7. The van der Waals surface area contributed by atoms with Gasteiger partial charge in [0.05, 0.1) is 15.8 Å². The van der Waals surface area contributed by atoms with Gasteiger partial charge in [-0.15, -0.1) is 0 Å². The van der Waals surface area contributed by atoms with Gasteiger partial charge >= 0.3 is 0 Å². The molecule has 3 aromatic rings. The third-order valence-electron chi connectivity index (χ3n) is 4.21. The number of fused-ring (bicyclic) bond motifs is 2. The number of thioether (sulfide) groups is 1. The highest BCUT2D eigenvalue weighted by atomic mass is 32.2. The number of carbonyl (C=O) groups is 1. The number of para-hydroxylation sites is 1. The van der Waals surface area contributed by atoms with E-state index in [-0.39, 0.29) is 18.0 Å². The molecule has 0 fully saturated rings. The highest BCUT2D eigenvalue weighted by Crippen LogP contribution is 2.34. The Labute approximate surface area is 155 Å². The number of ether oxygens (including phenoxy) is 2. The van der Waals surface area contributed by atoms with Crippen LogP contribution in [0.25, 0.3) is 10.9 Å². The molecule has 4 rings (SSSR count). The number of benzene rings is 2. The molecule has 2 aromatic carbocycles. The van der Waals surface area contributed by atoms with Gasteiger partial charge in [0.2, 0.25) is 12.7 Å². The van der Waals surface area contributed by atoms with Crippen LogP contribution in [0.4, 0.5) is 5.69 Å². The van der Waals surface area contributed by atoms with E-state index in [2.05, 4.69) is 23.3 Å². The summed E-state index contributed by atoms with van der Waals surface area (Å²) in [4.78, 5) is 17.2. The van der Waals surface area contributed by atoms with Crippen LogP contribution in [0.1, 0.15) is 12.5 Å². The van der Waals surface area contributed by atoms with Gasteiger partial charge in [-0.05, 0) is 43.7 Å². The number of aromatic nitrogens is 1. The van der Waals surface area contributed by atoms with E-state index in [1.807, 2.05) is 31.2 Å². The van der Waals surface area contributed by atoms with E-state index in [0.29, 0.717) is 17.2 Å². The highest BCUT2D eigenvalue weighted by molar-refractivity contribution is 8.00. The van der Waals surface area contributed by atoms with E-state index in [0.717, 1.165) is 21.5 Å². The molecule has 132 valence electrons. The van der Waals surface area contributed by atoms with E-state index in [9.17, 15) is 4.79 Å². The molecule has 0 unspecified atom stereocenters. The van der Waals surface area contributed by atoms with Gasteiger partial charge in [-0.1, -0.05) is 30.0 Å². The SMILES string of the molecule is Cc1cc(S[C@H](C)C(=O)Nc2ccc3c(c2)OCO3)nc2ccccc12. The van der Waals surface area contributed by atoms with Gasteiger partial charge in [0.25, 0.3) is 0 Å². The molecule has 0 spiro atoms. The summed E-state index contributed by atoms with van der Waals surface area (Å²) >= 11 is 1.45. The fourth-order valence-corrected chi connectivity index (χ4v) is 3.76. The molecule has 0 aliphatic carbocycles. The lowest BCUT2D eigenvalue weighted by molar-refractivity contribution is -0.115. The predicted molar refractivity (Wildman–Crippen MR) is 103 cm³/mol. The van der Waals surface area contributed by atoms with E-state index in [1.54, 1.807) is 18.2 Å². The second-order valence-corrected chi connectivity index (χ2v) is 7.47. The number of carbonyl (C=O) groups excluding carboxylic acids is 1. The monoisotopic (exact) mass is 366 g/mol. The average Bonchev–Trinajstić information content (AvgIpc) is 3.09. The van der Waals surface area contributed by atoms with Gasteiger partial charge in [0.15, 0.2) is 11.5 Å². The van der Waals surface area contributed by atoms with E-state index >= 15 is 0 Å². The third kappa shape index (κ3) is 3.32. The smallest absolute Gasteiger partial charge is 0.237 e. The molecule has 1 amide bonds. The van der Waals surface area contributed by atoms with Crippen molar-refractivity contribution < 1.29 is 14.3 Å². The maximum atomic E-state index is 12.5. The van der Waals surface area contributed by atoms with Gasteiger partial charge in [0.1, 0.15) is 0 Å². The first-order valence-corrected chi connectivity index (χ1v) is 9.22. The Morgan fingerprint density at radius 3 is 2.85 bits per heavy atom. The number of pyridine rings is 1. The van der Waals surface area contributed by atoms with Crippen molar-refractivity contribution in [3.8, 4) is 11.5 Å². The van der Waals surface area contributed by atoms with Crippen molar-refractivity contribution >= 4 is 34.3 Å². The molecule has 2 heterocycles. The van der Waals surface area contributed by atoms with Crippen molar-refractivity contribution in [1.82, 2.24) is 4.98 Å². The molecule has 0 saturated heterocycles. The quantitative estimate of drug-likeness (QED) is 0.694.